The lowest BCUT2D eigenvalue weighted by Crippen LogP contribution is -2.39. The van der Waals surface area contributed by atoms with Gasteiger partial charge in [0.1, 0.15) is 11.6 Å². The second kappa shape index (κ2) is 10.3. The summed E-state index contributed by atoms with van der Waals surface area (Å²) < 4.78 is 26.7. The molecule has 0 spiro atoms. The first kappa shape index (κ1) is 21.2. The average molecular weight is 408 g/mol. The standard InChI is InChI=1S/C24H22F2N2O2/c25-19-12-13-20(21(26)15-19)24(30)27-16-23(29)28-22(18-9-5-2-6-10-18)14-11-17-7-3-1-4-8-17/h1-10,12-13,15,22H,11,14,16H2,(H,27,30)(H,28,29). The van der Waals surface area contributed by atoms with Gasteiger partial charge < -0.3 is 10.6 Å². The molecule has 154 valence electrons. The van der Waals surface area contributed by atoms with Crippen molar-refractivity contribution in [3.63, 3.8) is 0 Å². The van der Waals surface area contributed by atoms with Crippen LogP contribution < -0.4 is 10.6 Å². The van der Waals surface area contributed by atoms with E-state index in [0.717, 1.165) is 29.7 Å². The van der Waals surface area contributed by atoms with Crippen LogP contribution in [0, 0.1) is 11.6 Å². The summed E-state index contributed by atoms with van der Waals surface area (Å²) in [5.41, 5.74) is 1.80. The second-order valence-corrected chi connectivity index (χ2v) is 6.86. The van der Waals surface area contributed by atoms with E-state index < -0.39 is 23.4 Å². The van der Waals surface area contributed by atoms with Gasteiger partial charge in [0.2, 0.25) is 5.91 Å². The van der Waals surface area contributed by atoms with Gasteiger partial charge >= 0.3 is 0 Å². The van der Waals surface area contributed by atoms with E-state index in [1.807, 2.05) is 60.7 Å². The van der Waals surface area contributed by atoms with E-state index >= 15 is 0 Å². The summed E-state index contributed by atoms with van der Waals surface area (Å²) in [6.45, 7) is -0.315. The van der Waals surface area contributed by atoms with E-state index in [1.54, 1.807) is 0 Å². The smallest absolute Gasteiger partial charge is 0.254 e. The SMILES string of the molecule is O=C(CNC(=O)c1ccc(F)cc1F)NC(CCc1ccccc1)c1ccccc1. The van der Waals surface area contributed by atoms with Gasteiger partial charge in [0, 0.05) is 6.07 Å². The van der Waals surface area contributed by atoms with Crippen LogP contribution in [0.5, 0.6) is 0 Å². The number of benzene rings is 3. The van der Waals surface area contributed by atoms with Gasteiger partial charge in [-0.3, -0.25) is 9.59 Å². The summed E-state index contributed by atoms with van der Waals surface area (Å²) in [5.74, 6) is -2.92. The zero-order valence-corrected chi connectivity index (χ0v) is 16.3. The van der Waals surface area contributed by atoms with Crippen LogP contribution in [0.2, 0.25) is 0 Å². The lowest BCUT2D eigenvalue weighted by Gasteiger charge is -2.20. The fourth-order valence-electron chi connectivity index (χ4n) is 3.14. The molecule has 2 N–H and O–H groups in total. The van der Waals surface area contributed by atoms with Crippen molar-refractivity contribution < 1.29 is 18.4 Å². The first-order chi connectivity index (χ1) is 14.5. The molecule has 0 aromatic heterocycles. The van der Waals surface area contributed by atoms with Crippen molar-refractivity contribution in [2.75, 3.05) is 6.54 Å². The van der Waals surface area contributed by atoms with Crippen LogP contribution in [-0.4, -0.2) is 18.4 Å². The van der Waals surface area contributed by atoms with E-state index in [9.17, 15) is 18.4 Å². The number of hydrogen-bond acceptors (Lipinski definition) is 2. The van der Waals surface area contributed by atoms with Crippen molar-refractivity contribution in [2.24, 2.45) is 0 Å². The molecule has 0 aliphatic heterocycles. The number of hydrogen-bond donors (Lipinski definition) is 2. The maximum atomic E-state index is 13.7. The van der Waals surface area contributed by atoms with Gasteiger partial charge in [0.15, 0.2) is 0 Å². The highest BCUT2D eigenvalue weighted by atomic mass is 19.1. The molecule has 3 rings (SSSR count). The fraction of sp³-hybridized carbons (Fsp3) is 0.167. The highest BCUT2D eigenvalue weighted by molar-refractivity contribution is 5.96. The van der Waals surface area contributed by atoms with Gasteiger partial charge in [-0.2, -0.15) is 0 Å². The van der Waals surface area contributed by atoms with Crippen molar-refractivity contribution in [1.29, 1.82) is 0 Å². The van der Waals surface area contributed by atoms with Crippen molar-refractivity contribution in [2.45, 2.75) is 18.9 Å². The van der Waals surface area contributed by atoms with Gasteiger partial charge in [-0.1, -0.05) is 60.7 Å². The zero-order chi connectivity index (χ0) is 21.3. The summed E-state index contributed by atoms with van der Waals surface area (Å²) in [6.07, 6.45) is 1.45. The van der Waals surface area contributed by atoms with E-state index in [1.165, 1.54) is 0 Å². The molecule has 3 aromatic carbocycles. The maximum Gasteiger partial charge on any atom is 0.254 e. The van der Waals surface area contributed by atoms with Crippen LogP contribution in [0.3, 0.4) is 0 Å². The van der Waals surface area contributed by atoms with E-state index in [-0.39, 0.29) is 18.2 Å². The number of rotatable bonds is 8. The Hall–Kier alpha value is -3.54. The third kappa shape index (κ3) is 5.98. The molecule has 0 aliphatic carbocycles. The number of amides is 2. The van der Waals surface area contributed by atoms with Crippen molar-refractivity contribution in [3.05, 3.63) is 107 Å². The predicted octanol–water partition coefficient (Wildman–Crippen LogP) is 4.18. The Morgan fingerprint density at radius 2 is 1.53 bits per heavy atom. The van der Waals surface area contributed by atoms with Crippen LogP contribution in [-0.2, 0) is 11.2 Å². The molecule has 0 fully saturated rings. The molecular formula is C24H22F2N2O2. The van der Waals surface area contributed by atoms with Crippen LogP contribution in [0.15, 0.2) is 78.9 Å². The first-order valence-electron chi connectivity index (χ1n) is 9.64. The molecule has 0 saturated heterocycles. The van der Waals surface area contributed by atoms with Gasteiger partial charge in [-0.25, -0.2) is 8.78 Å². The molecule has 0 heterocycles. The molecule has 0 aliphatic rings. The molecule has 0 saturated carbocycles. The molecular weight excluding hydrogens is 386 g/mol. The predicted molar refractivity (Wildman–Crippen MR) is 111 cm³/mol. The molecule has 0 bridgehead atoms. The Morgan fingerprint density at radius 1 is 0.867 bits per heavy atom. The van der Waals surface area contributed by atoms with Crippen molar-refractivity contribution >= 4 is 11.8 Å². The number of carbonyl (C=O) groups is 2. The highest BCUT2D eigenvalue weighted by Gasteiger charge is 2.17. The molecule has 2 amide bonds. The third-order valence-electron chi connectivity index (χ3n) is 4.69. The molecule has 6 heteroatoms. The Bertz CT molecular complexity index is 995. The Labute approximate surface area is 173 Å². The molecule has 0 radical (unpaired) electrons. The van der Waals surface area contributed by atoms with Gasteiger partial charge in [0.05, 0.1) is 18.2 Å². The Morgan fingerprint density at radius 3 is 2.20 bits per heavy atom. The van der Waals surface area contributed by atoms with E-state index in [4.69, 9.17) is 0 Å². The average Bonchev–Trinajstić information content (AvgIpc) is 2.76. The number of nitrogens with one attached hydrogen (secondary N) is 2. The van der Waals surface area contributed by atoms with Crippen molar-refractivity contribution in [1.82, 2.24) is 10.6 Å². The van der Waals surface area contributed by atoms with Crippen LogP contribution >= 0.6 is 0 Å². The molecule has 1 atom stereocenters. The zero-order valence-electron chi connectivity index (χ0n) is 16.3. The summed E-state index contributed by atoms with van der Waals surface area (Å²) in [7, 11) is 0. The minimum atomic E-state index is -0.974. The first-order valence-corrected chi connectivity index (χ1v) is 9.64. The van der Waals surface area contributed by atoms with Gasteiger partial charge in [0.25, 0.3) is 5.91 Å². The monoisotopic (exact) mass is 408 g/mol. The third-order valence-corrected chi connectivity index (χ3v) is 4.69. The minimum Gasteiger partial charge on any atom is -0.348 e. The summed E-state index contributed by atoms with van der Waals surface area (Å²) in [4.78, 5) is 24.5. The molecule has 3 aromatic rings. The summed E-state index contributed by atoms with van der Waals surface area (Å²) in [6, 6.07) is 21.9. The highest BCUT2D eigenvalue weighted by Crippen LogP contribution is 2.19. The maximum absolute atomic E-state index is 13.7. The Balaban J connectivity index is 1.60. The molecule has 4 nitrogen and oxygen atoms in total. The van der Waals surface area contributed by atoms with E-state index in [0.29, 0.717) is 12.5 Å². The summed E-state index contributed by atoms with van der Waals surface area (Å²) in [5, 5.41) is 5.30. The quantitative estimate of drug-likeness (QED) is 0.587. The molecule has 30 heavy (non-hydrogen) atoms. The number of halogens is 2. The van der Waals surface area contributed by atoms with Gasteiger partial charge in [-0.05, 0) is 36.1 Å². The summed E-state index contributed by atoms with van der Waals surface area (Å²) >= 11 is 0. The molecule has 1 unspecified atom stereocenters. The number of carbonyl (C=O) groups excluding carboxylic acids is 2. The minimum absolute atomic E-state index is 0.238. The topological polar surface area (TPSA) is 58.2 Å². The van der Waals surface area contributed by atoms with Crippen LogP contribution in [0.1, 0.15) is 33.9 Å². The second-order valence-electron chi connectivity index (χ2n) is 6.86. The van der Waals surface area contributed by atoms with Gasteiger partial charge in [-0.15, -0.1) is 0 Å². The van der Waals surface area contributed by atoms with Crippen LogP contribution in [0.4, 0.5) is 8.78 Å². The van der Waals surface area contributed by atoms with E-state index in [2.05, 4.69) is 10.6 Å². The largest absolute Gasteiger partial charge is 0.348 e. The lowest BCUT2D eigenvalue weighted by atomic mass is 9.99. The fourth-order valence-corrected chi connectivity index (χ4v) is 3.14. The number of aryl methyl sites for hydroxylation is 1. The van der Waals surface area contributed by atoms with Crippen LogP contribution in [0.25, 0.3) is 0 Å². The Kier molecular flexibility index (Phi) is 7.27. The lowest BCUT2D eigenvalue weighted by molar-refractivity contribution is -0.120. The normalized spacial score (nSPS) is 11.5. The van der Waals surface area contributed by atoms with Crippen molar-refractivity contribution in [3.8, 4) is 0 Å².